The largest absolute Gasteiger partial charge is 0.507 e. The fourth-order valence-corrected chi connectivity index (χ4v) is 1.19. The topological polar surface area (TPSA) is 44.1 Å². The molecule has 0 unspecified atom stereocenters. The molecular weight excluding hydrogens is 252 g/mol. The van der Waals surface area contributed by atoms with Gasteiger partial charge in [-0.25, -0.2) is 0 Å². The molecule has 1 aromatic carbocycles. The van der Waals surface area contributed by atoms with E-state index >= 15 is 0 Å². The standard InChI is InChI=1S/C9H5F6NO/c10-8(11,12)4-1-6(9(13,14)15)5(3-16)7(17)2-4/h1-3,16-17H. The van der Waals surface area contributed by atoms with Gasteiger partial charge < -0.3 is 10.5 Å². The van der Waals surface area contributed by atoms with Gasteiger partial charge in [-0.05, 0) is 12.1 Å². The minimum Gasteiger partial charge on any atom is -0.507 e. The Hall–Kier alpha value is -1.73. The summed E-state index contributed by atoms with van der Waals surface area (Å²) in [5.41, 5.74) is -4.31. The van der Waals surface area contributed by atoms with Crippen molar-refractivity contribution in [1.82, 2.24) is 0 Å². The Morgan fingerprint density at radius 3 is 1.88 bits per heavy atom. The van der Waals surface area contributed by atoms with Crippen LogP contribution in [0.5, 0.6) is 5.75 Å². The van der Waals surface area contributed by atoms with Crippen molar-refractivity contribution < 1.29 is 31.4 Å². The third-order valence-electron chi connectivity index (χ3n) is 1.94. The second-order valence-electron chi connectivity index (χ2n) is 3.10. The van der Waals surface area contributed by atoms with Gasteiger partial charge in [0.05, 0.1) is 11.1 Å². The molecule has 0 atom stereocenters. The Bertz CT molecular complexity index is 448. The van der Waals surface area contributed by atoms with E-state index in [4.69, 9.17) is 10.5 Å². The summed E-state index contributed by atoms with van der Waals surface area (Å²) in [6, 6.07) is 0.00963. The molecule has 0 saturated heterocycles. The van der Waals surface area contributed by atoms with Crippen LogP contribution in [0.1, 0.15) is 16.7 Å². The van der Waals surface area contributed by atoms with E-state index < -0.39 is 34.8 Å². The van der Waals surface area contributed by atoms with Crippen LogP contribution in [0, 0.1) is 5.41 Å². The molecule has 94 valence electrons. The van der Waals surface area contributed by atoms with Crippen LogP contribution in [-0.4, -0.2) is 11.3 Å². The lowest BCUT2D eigenvalue weighted by Gasteiger charge is -2.15. The quantitative estimate of drug-likeness (QED) is 0.587. The number of halogens is 6. The summed E-state index contributed by atoms with van der Waals surface area (Å²) >= 11 is 0. The molecule has 0 aliphatic carbocycles. The fourth-order valence-electron chi connectivity index (χ4n) is 1.19. The summed E-state index contributed by atoms with van der Waals surface area (Å²) in [6.45, 7) is 0. The molecule has 0 bridgehead atoms. The van der Waals surface area contributed by atoms with Gasteiger partial charge in [0.2, 0.25) is 0 Å². The van der Waals surface area contributed by atoms with Crippen molar-refractivity contribution in [1.29, 1.82) is 5.41 Å². The van der Waals surface area contributed by atoms with Crippen LogP contribution in [0.3, 0.4) is 0 Å². The van der Waals surface area contributed by atoms with E-state index in [1.54, 1.807) is 0 Å². The zero-order chi connectivity index (χ0) is 13.4. The van der Waals surface area contributed by atoms with Crippen LogP contribution in [0.2, 0.25) is 0 Å². The maximum atomic E-state index is 12.4. The molecule has 2 nitrogen and oxygen atoms in total. The van der Waals surface area contributed by atoms with Gasteiger partial charge in [-0.15, -0.1) is 0 Å². The van der Waals surface area contributed by atoms with Crippen LogP contribution < -0.4 is 0 Å². The van der Waals surface area contributed by atoms with Gasteiger partial charge >= 0.3 is 12.4 Å². The highest BCUT2D eigenvalue weighted by Gasteiger charge is 2.39. The molecule has 0 heterocycles. The van der Waals surface area contributed by atoms with Crippen molar-refractivity contribution in [2.75, 3.05) is 0 Å². The molecule has 0 fully saturated rings. The Morgan fingerprint density at radius 2 is 1.53 bits per heavy atom. The first-order valence-corrected chi connectivity index (χ1v) is 4.09. The van der Waals surface area contributed by atoms with Gasteiger partial charge in [0.25, 0.3) is 0 Å². The molecule has 1 aromatic rings. The van der Waals surface area contributed by atoms with Gasteiger partial charge in [0.15, 0.2) is 0 Å². The van der Waals surface area contributed by atoms with Crippen LogP contribution in [0.4, 0.5) is 26.3 Å². The molecule has 0 amide bonds. The van der Waals surface area contributed by atoms with E-state index in [9.17, 15) is 26.3 Å². The van der Waals surface area contributed by atoms with Gasteiger partial charge in [-0.2, -0.15) is 26.3 Å². The van der Waals surface area contributed by atoms with Gasteiger partial charge in [0.1, 0.15) is 5.75 Å². The van der Waals surface area contributed by atoms with Gasteiger partial charge in [-0.1, -0.05) is 0 Å². The normalized spacial score (nSPS) is 12.6. The van der Waals surface area contributed by atoms with Crippen molar-refractivity contribution in [3.63, 3.8) is 0 Å². The van der Waals surface area contributed by atoms with Gasteiger partial charge in [0, 0.05) is 11.8 Å². The van der Waals surface area contributed by atoms with Crippen molar-refractivity contribution in [2.24, 2.45) is 0 Å². The van der Waals surface area contributed by atoms with Gasteiger partial charge in [-0.3, -0.25) is 0 Å². The molecule has 1 rings (SSSR count). The van der Waals surface area contributed by atoms with E-state index in [1.165, 1.54) is 0 Å². The Kier molecular flexibility index (Phi) is 3.09. The number of alkyl halides is 6. The lowest BCUT2D eigenvalue weighted by molar-refractivity contribution is -0.143. The van der Waals surface area contributed by atoms with Crippen LogP contribution in [0.25, 0.3) is 0 Å². The third-order valence-corrected chi connectivity index (χ3v) is 1.94. The predicted octanol–water partition coefficient (Wildman–Crippen LogP) is 3.43. The summed E-state index contributed by atoms with van der Waals surface area (Å²) in [5.74, 6) is -1.23. The molecule has 0 aliphatic heterocycles. The Labute approximate surface area is 91.0 Å². The van der Waals surface area contributed by atoms with Crippen LogP contribution >= 0.6 is 0 Å². The highest BCUT2D eigenvalue weighted by Crippen LogP contribution is 2.40. The lowest BCUT2D eigenvalue weighted by Crippen LogP contribution is -2.13. The number of nitrogens with one attached hydrogen (secondary N) is 1. The molecule has 2 N–H and O–H groups in total. The zero-order valence-electron chi connectivity index (χ0n) is 7.95. The van der Waals surface area contributed by atoms with Crippen LogP contribution in [-0.2, 0) is 12.4 Å². The summed E-state index contributed by atoms with van der Waals surface area (Å²) < 4.78 is 73.9. The molecule has 8 heteroatoms. The summed E-state index contributed by atoms with van der Waals surface area (Å²) in [6.07, 6.45) is -9.93. The van der Waals surface area contributed by atoms with Crippen molar-refractivity contribution in [3.05, 3.63) is 28.8 Å². The highest BCUT2D eigenvalue weighted by atomic mass is 19.4. The minimum absolute atomic E-state index is 0.139. The fraction of sp³-hybridized carbons (Fsp3) is 0.222. The first-order valence-electron chi connectivity index (χ1n) is 4.09. The molecule has 0 aliphatic rings. The third kappa shape index (κ3) is 2.69. The van der Waals surface area contributed by atoms with Crippen molar-refractivity contribution in [2.45, 2.75) is 12.4 Å². The first-order chi connectivity index (χ1) is 7.57. The van der Waals surface area contributed by atoms with E-state index in [-0.39, 0.29) is 18.3 Å². The number of hydrogen-bond acceptors (Lipinski definition) is 2. The highest BCUT2D eigenvalue weighted by molar-refractivity contribution is 5.84. The predicted molar refractivity (Wildman–Crippen MR) is 46.0 cm³/mol. The summed E-state index contributed by atoms with van der Waals surface area (Å²) in [7, 11) is 0. The summed E-state index contributed by atoms with van der Waals surface area (Å²) in [5, 5.41) is 15.7. The lowest BCUT2D eigenvalue weighted by atomic mass is 10.0. The first kappa shape index (κ1) is 13.3. The summed E-state index contributed by atoms with van der Waals surface area (Å²) in [4.78, 5) is 0. The smallest absolute Gasteiger partial charge is 0.417 e. The number of aromatic hydroxyl groups is 1. The van der Waals surface area contributed by atoms with Crippen molar-refractivity contribution >= 4 is 6.21 Å². The molecule has 0 radical (unpaired) electrons. The van der Waals surface area contributed by atoms with E-state index in [0.717, 1.165) is 0 Å². The number of hydrogen-bond donors (Lipinski definition) is 2. The van der Waals surface area contributed by atoms with E-state index in [1.807, 2.05) is 0 Å². The Balaban J connectivity index is 3.56. The molecule has 0 spiro atoms. The minimum atomic E-state index is -5.08. The zero-order valence-corrected chi connectivity index (χ0v) is 7.95. The van der Waals surface area contributed by atoms with E-state index in [0.29, 0.717) is 0 Å². The maximum absolute atomic E-state index is 12.4. The van der Waals surface area contributed by atoms with Crippen molar-refractivity contribution in [3.8, 4) is 5.75 Å². The molecule has 0 saturated carbocycles. The maximum Gasteiger partial charge on any atom is 0.417 e. The number of benzene rings is 1. The SMILES string of the molecule is N=Cc1c(O)cc(C(F)(F)F)cc1C(F)(F)F. The number of rotatable bonds is 1. The molecule has 0 aromatic heterocycles. The Morgan fingerprint density at radius 1 is 1.00 bits per heavy atom. The molecule has 17 heavy (non-hydrogen) atoms. The molecular formula is C9H5F6NO. The number of phenolic OH excluding ortho intramolecular Hbond substituents is 1. The van der Waals surface area contributed by atoms with Crippen LogP contribution in [0.15, 0.2) is 12.1 Å². The average Bonchev–Trinajstić information content (AvgIpc) is 2.13. The monoisotopic (exact) mass is 257 g/mol. The van der Waals surface area contributed by atoms with E-state index in [2.05, 4.69) is 0 Å². The number of phenols is 1. The second-order valence-corrected chi connectivity index (χ2v) is 3.10. The second kappa shape index (κ2) is 3.94. The average molecular weight is 257 g/mol.